The second-order valence-electron chi connectivity index (χ2n) is 5.94. The zero-order valence-electron chi connectivity index (χ0n) is 15.0. The van der Waals surface area contributed by atoms with Gasteiger partial charge in [-0.25, -0.2) is 4.98 Å². The summed E-state index contributed by atoms with van der Waals surface area (Å²) in [5, 5.41) is 11.2. The molecule has 0 aliphatic heterocycles. The standard InChI is InChI=1S/C19H18N4O2S2/c1-13(17(24)22(2)11-6-10-20)27-19-21-16-15(9-12-26-16)18(25)23(19)14-7-4-3-5-8-14/h3-5,7-9,12-13H,6,11H2,1-2H3/t13-/m0/s1. The van der Waals surface area contributed by atoms with Crippen LogP contribution in [-0.4, -0.2) is 39.2 Å². The Morgan fingerprint density at radius 3 is 2.81 bits per heavy atom. The number of hydrogen-bond acceptors (Lipinski definition) is 6. The van der Waals surface area contributed by atoms with E-state index in [-0.39, 0.29) is 17.9 Å². The topological polar surface area (TPSA) is 79.0 Å². The Morgan fingerprint density at radius 1 is 1.37 bits per heavy atom. The van der Waals surface area contributed by atoms with Crippen LogP contribution in [0, 0.1) is 11.3 Å². The van der Waals surface area contributed by atoms with Crippen molar-refractivity contribution in [2.75, 3.05) is 13.6 Å². The van der Waals surface area contributed by atoms with Crippen LogP contribution >= 0.6 is 23.1 Å². The van der Waals surface area contributed by atoms with Crippen molar-refractivity contribution in [2.45, 2.75) is 23.8 Å². The van der Waals surface area contributed by atoms with E-state index in [0.29, 0.717) is 27.6 Å². The van der Waals surface area contributed by atoms with Crippen LogP contribution in [0.2, 0.25) is 0 Å². The van der Waals surface area contributed by atoms with E-state index in [0.717, 1.165) is 0 Å². The average molecular weight is 399 g/mol. The number of fused-ring (bicyclic) bond motifs is 1. The molecule has 1 atom stereocenters. The number of aromatic nitrogens is 2. The van der Waals surface area contributed by atoms with Crippen molar-refractivity contribution < 1.29 is 4.79 Å². The third kappa shape index (κ3) is 4.04. The van der Waals surface area contributed by atoms with Gasteiger partial charge in [-0.2, -0.15) is 5.26 Å². The molecule has 0 aliphatic rings. The van der Waals surface area contributed by atoms with Crippen LogP contribution in [0.25, 0.3) is 15.9 Å². The lowest BCUT2D eigenvalue weighted by molar-refractivity contribution is -0.128. The molecule has 0 fully saturated rings. The Balaban J connectivity index is 2.00. The molecular formula is C19H18N4O2S2. The predicted molar refractivity (Wildman–Crippen MR) is 108 cm³/mol. The van der Waals surface area contributed by atoms with Crippen LogP contribution in [0.1, 0.15) is 13.3 Å². The maximum atomic E-state index is 13.0. The van der Waals surface area contributed by atoms with E-state index >= 15 is 0 Å². The molecule has 0 saturated heterocycles. The highest BCUT2D eigenvalue weighted by Crippen LogP contribution is 2.27. The summed E-state index contributed by atoms with van der Waals surface area (Å²) in [7, 11) is 1.68. The maximum absolute atomic E-state index is 13.0. The highest BCUT2D eigenvalue weighted by molar-refractivity contribution is 8.00. The molecule has 2 heterocycles. The smallest absolute Gasteiger partial charge is 0.267 e. The number of hydrogen-bond donors (Lipinski definition) is 0. The first kappa shape index (κ1) is 19.1. The number of thiophene rings is 1. The summed E-state index contributed by atoms with van der Waals surface area (Å²) >= 11 is 2.65. The maximum Gasteiger partial charge on any atom is 0.267 e. The van der Waals surface area contributed by atoms with Crippen molar-refractivity contribution >= 4 is 39.2 Å². The lowest BCUT2D eigenvalue weighted by atomic mass is 10.3. The fraction of sp³-hybridized carbons (Fsp3) is 0.263. The van der Waals surface area contributed by atoms with E-state index in [9.17, 15) is 9.59 Å². The molecule has 1 amide bonds. The van der Waals surface area contributed by atoms with Crippen molar-refractivity contribution in [3.8, 4) is 11.8 Å². The van der Waals surface area contributed by atoms with Crippen molar-refractivity contribution in [3.05, 3.63) is 52.1 Å². The van der Waals surface area contributed by atoms with Crippen molar-refractivity contribution in [1.29, 1.82) is 5.26 Å². The van der Waals surface area contributed by atoms with Gasteiger partial charge in [0.25, 0.3) is 5.56 Å². The summed E-state index contributed by atoms with van der Waals surface area (Å²) in [4.78, 5) is 32.4. The van der Waals surface area contributed by atoms with Crippen LogP contribution in [0.3, 0.4) is 0 Å². The number of carbonyl (C=O) groups excluding carboxylic acids is 1. The Labute approximate surface area is 165 Å². The zero-order chi connectivity index (χ0) is 19.4. The van der Waals surface area contributed by atoms with Gasteiger partial charge >= 0.3 is 0 Å². The largest absolute Gasteiger partial charge is 0.344 e. The van der Waals surface area contributed by atoms with Crippen LogP contribution in [0.5, 0.6) is 0 Å². The van der Waals surface area contributed by atoms with Gasteiger partial charge in [0.2, 0.25) is 5.91 Å². The Hall–Kier alpha value is -2.63. The second kappa shape index (κ2) is 8.37. The number of thioether (sulfide) groups is 1. The summed E-state index contributed by atoms with van der Waals surface area (Å²) in [5.74, 6) is -0.101. The van der Waals surface area contributed by atoms with Gasteiger partial charge in [0.15, 0.2) is 5.16 Å². The molecule has 6 nitrogen and oxygen atoms in total. The minimum absolute atomic E-state index is 0.101. The van der Waals surface area contributed by atoms with Crippen molar-refractivity contribution in [1.82, 2.24) is 14.5 Å². The molecule has 8 heteroatoms. The van der Waals surface area contributed by atoms with Gasteiger partial charge in [0.05, 0.1) is 28.8 Å². The van der Waals surface area contributed by atoms with Gasteiger partial charge < -0.3 is 4.90 Å². The van der Waals surface area contributed by atoms with Gasteiger partial charge in [-0.05, 0) is 30.5 Å². The molecular weight excluding hydrogens is 380 g/mol. The number of amides is 1. The van der Waals surface area contributed by atoms with Gasteiger partial charge in [-0.1, -0.05) is 30.0 Å². The average Bonchev–Trinajstić information content (AvgIpc) is 3.15. The van der Waals surface area contributed by atoms with Gasteiger partial charge in [-0.15, -0.1) is 11.3 Å². The van der Waals surface area contributed by atoms with Crippen LogP contribution in [0.15, 0.2) is 51.7 Å². The van der Waals surface area contributed by atoms with Crippen LogP contribution in [-0.2, 0) is 4.79 Å². The number of nitrogens with zero attached hydrogens (tertiary/aromatic N) is 4. The normalized spacial score (nSPS) is 11.9. The second-order valence-corrected chi connectivity index (χ2v) is 8.14. The lowest BCUT2D eigenvalue weighted by Gasteiger charge is -2.21. The number of benzene rings is 1. The van der Waals surface area contributed by atoms with Gasteiger partial charge in [0, 0.05) is 13.6 Å². The quantitative estimate of drug-likeness (QED) is 0.470. The Morgan fingerprint density at radius 2 is 2.11 bits per heavy atom. The number of carbonyl (C=O) groups is 1. The monoisotopic (exact) mass is 398 g/mol. The molecule has 1 aromatic carbocycles. The third-order valence-electron chi connectivity index (χ3n) is 4.05. The summed E-state index contributed by atoms with van der Waals surface area (Å²) in [6, 6.07) is 13.1. The molecule has 3 aromatic rings. The highest BCUT2D eigenvalue weighted by Gasteiger charge is 2.22. The van der Waals surface area contributed by atoms with Crippen molar-refractivity contribution in [3.63, 3.8) is 0 Å². The molecule has 0 unspecified atom stereocenters. The van der Waals surface area contributed by atoms with E-state index in [1.165, 1.54) is 28.0 Å². The molecule has 2 aromatic heterocycles. The van der Waals surface area contributed by atoms with Crippen LogP contribution in [0.4, 0.5) is 0 Å². The van der Waals surface area contributed by atoms with Gasteiger partial charge in [-0.3, -0.25) is 14.2 Å². The van der Waals surface area contributed by atoms with Crippen molar-refractivity contribution in [2.24, 2.45) is 0 Å². The SMILES string of the molecule is C[C@H](Sc1nc2sccc2c(=O)n1-c1ccccc1)C(=O)N(C)CCC#N. The predicted octanol–water partition coefficient (Wildman–Crippen LogP) is 3.30. The zero-order valence-corrected chi connectivity index (χ0v) is 16.6. The van der Waals surface area contributed by atoms with E-state index in [1.807, 2.05) is 41.8 Å². The number of para-hydroxylation sites is 1. The highest BCUT2D eigenvalue weighted by atomic mass is 32.2. The molecule has 0 saturated carbocycles. The Kier molecular flexibility index (Phi) is 5.94. The molecule has 0 spiro atoms. The fourth-order valence-corrected chi connectivity index (χ4v) is 4.47. The Bertz CT molecular complexity index is 1050. The molecule has 0 bridgehead atoms. The lowest BCUT2D eigenvalue weighted by Crippen LogP contribution is -2.34. The first-order valence-corrected chi connectivity index (χ1v) is 10.1. The third-order valence-corrected chi connectivity index (χ3v) is 5.89. The van der Waals surface area contributed by atoms with Gasteiger partial charge in [0.1, 0.15) is 4.83 Å². The molecule has 0 N–H and O–H groups in total. The van der Waals surface area contributed by atoms with E-state index in [1.54, 1.807) is 24.6 Å². The molecule has 138 valence electrons. The minimum atomic E-state index is -0.437. The molecule has 0 aliphatic carbocycles. The first-order chi connectivity index (χ1) is 13.0. The number of nitriles is 1. The summed E-state index contributed by atoms with van der Waals surface area (Å²) in [5.41, 5.74) is 0.565. The van der Waals surface area contributed by atoms with Crippen LogP contribution < -0.4 is 5.56 Å². The van der Waals surface area contributed by atoms with E-state index in [2.05, 4.69) is 4.98 Å². The molecule has 0 radical (unpaired) electrons. The van der Waals surface area contributed by atoms with E-state index in [4.69, 9.17) is 5.26 Å². The summed E-state index contributed by atoms with van der Waals surface area (Å²) in [6.45, 7) is 2.17. The summed E-state index contributed by atoms with van der Waals surface area (Å²) < 4.78 is 1.55. The molecule has 3 rings (SSSR count). The fourth-order valence-electron chi connectivity index (χ4n) is 2.63. The molecule has 27 heavy (non-hydrogen) atoms. The summed E-state index contributed by atoms with van der Waals surface area (Å²) in [6.07, 6.45) is 0.285. The first-order valence-electron chi connectivity index (χ1n) is 8.37. The minimum Gasteiger partial charge on any atom is -0.344 e. The van der Waals surface area contributed by atoms with E-state index < -0.39 is 5.25 Å². The number of rotatable bonds is 6.